The Morgan fingerprint density at radius 1 is 1.17 bits per heavy atom. The highest BCUT2D eigenvalue weighted by Crippen LogP contribution is 2.24. The third kappa shape index (κ3) is 3.58. The van der Waals surface area contributed by atoms with Gasteiger partial charge < -0.3 is 0 Å². The first-order valence-corrected chi connectivity index (χ1v) is 7.99. The maximum atomic E-state index is 12.1. The van der Waals surface area contributed by atoms with Crippen LogP contribution in [0.2, 0.25) is 10.0 Å². The van der Waals surface area contributed by atoms with E-state index in [9.17, 15) is 4.79 Å². The number of halogens is 2. The molecule has 124 valence electrons. The Hall–Kier alpha value is -2.38. The number of carbonyl (C=O) groups is 1. The van der Waals surface area contributed by atoms with Crippen molar-refractivity contribution in [3.05, 3.63) is 58.1 Å². The fourth-order valence-electron chi connectivity index (χ4n) is 2.10. The summed E-state index contributed by atoms with van der Waals surface area (Å²) in [4.78, 5) is 16.2. The third-order valence-corrected chi connectivity index (χ3v) is 4.05. The second-order valence-corrected chi connectivity index (χ2v) is 5.79. The first kappa shape index (κ1) is 16.5. The predicted octanol–water partition coefficient (Wildman–Crippen LogP) is 3.10. The molecule has 0 atom stereocenters. The van der Waals surface area contributed by atoms with Gasteiger partial charge in [0.05, 0.1) is 6.54 Å². The van der Waals surface area contributed by atoms with Gasteiger partial charge in [-0.2, -0.15) is 5.10 Å². The lowest BCUT2D eigenvalue weighted by Crippen LogP contribution is -2.14. The molecule has 0 radical (unpaired) electrons. The van der Waals surface area contributed by atoms with Crippen molar-refractivity contribution in [3.8, 4) is 0 Å². The number of amides is 1. The van der Waals surface area contributed by atoms with E-state index < -0.39 is 0 Å². The predicted molar refractivity (Wildman–Crippen MR) is 91.4 cm³/mol. The van der Waals surface area contributed by atoms with Crippen LogP contribution in [-0.4, -0.2) is 30.5 Å². The van der Waals surface area contributed by atoms with Gasteiger partial charge >= 0.3 is 0 Å². The van der Waals surface area contributed by atoms with Gasteiger partial charge in [-0.15, -0.1) is 5.10 Å². The molecule has 2 heterocycles. The Morgan fingerprint density at radius 2 is 1.92 bits per heavy atom. The molecule has 2 aromatic heterocycles. The zero-order chi connectivity index (χ0) is 17.1. The first-order valence-electron chi connectivity index (χ1n) is 7.24. The van der Waals surface area contributed by atoms with Gasteiger partial charge in [-0.3, -0.25) is 14.8 Å². The summed E-state index contributed by atoms with van der Waals surface area (Å²) in [7, 11) is 0. The molecule has 0 aliphatic heterocycles. The highest BCUT2D eigenvalue weighted by atomic mass is 35.5. The smallest absolute Gasteiger partial charge is 0.278 e. The van der Waals surface area contributed by atoms with Gasteiger partial charge in [0.15, 0.2) is 5.69 Å². The number of hydrogen-bond donors (Lipinski definition) is 1. The quantitative estimate of drug-likeness (QED) is 0.754. The van der Waals surface area contributed by atoms with Gasteiger partial charge in [0, 0.05) is 28.4 Å². The zero-order valence-corrected chi connectivity index (χ0v) is 14.3. The molecule has 3 aromatic rings. The van der Waals surface area contributed by atoms with Crippen molar-refractivity contribution in [2.45, 2.75) is 20.0 Å². The largest absolute Gasteiger partial charge is 0.288 e. The molecule has 24 heavy (non-hydrogen) atoms. The number of rotatable bonds is 5. The van der Waals surface area contributed by atoms with E-state index in [4.69, 9.17) is 23.2 Å². The van der Waals surface area contributed by atoms with Crippen LogP contribution in [0.3, 0.4) is 0 Å². The lowest BCUT2D eigenvalue weighted by atomic mass is 10.2. The molecule has 0 spiro atoms. The second-order valence-electron chi connectivity index (χ2n) is 4.98. The number of benzene rings is 1. The van der Waals surface area contributed by atoms with Gasteiger partial charge in [-0.05, 0) is 25.1 Å². The Morgan fingerprint density at radius 3 is 2.58 bits per heavy atom. The molecule has 9 heteroatoms. The molecule has 0 saturated heterocycles. The number of hydrogen-bond acceptors (Lipinski definition) is 4. The summed E-state index contributed by atoms with van der Waals surface area (Å²) < 4.78 is 3.22. The monoisotopic (exact) mass is 364 g/mol. The number of carbonyl (C=O) groups excluding carboxylic acids is 1. The SMILES string of the molecule is CCn1ccc(C(=O)Nc2ncn(Cc3c(Cl)cccc3Cl)n2)n1. The average Bonchev–Trinajstić information content (AvgIpc) is 3.20. The maximum Gasteiger partial charge on any atom is 0.278 e. The lowest BCUT2D eigenvalue weighted by Gasteiger charge is -2.06. The summed E-state index contributed by atoms with van der Waals surface area (Å²) in [5.41, 5.74) is 1.05. The van der Waals surface area contributed by atoms with E-state index in [-0.39, 0.29) is 11.9 Å². The fraction of sp³-hybridized carbons (Fsp3) is 0.200. The van der Waals surface area contributed by atoms with Crippen molar-refractivity contribution in [1.82, 2.24) is 24.5 Å². The lowest BCUT2D eigenvalue weighted by molar-refractivity contribution is 0.102. The molecule has 1 N–H and O–H groups in total. The van der Waals surface area contributed by atoms with Crippen LogP contribution in [0.25, 0.3) is 0 Å². The number of anilines is 1. The number of nitrogens with one attached hydrogen (secondary N) is 1. The second kappa shape index (κ2) is 7.02. The van der Waals surface area contributed by atoms with E-state index in [1.54, 1.807) is 39.8 Å². The van der Waals surface area contributed by atoms with Crippen molar-refractivity contribution in [1.29, 1.82) is 0 Å². The molecule has 0 unspecified atom stereocenters. The van der Waals surface area contributed by atoms with Gasteiger partial charge in [-0.25, -0.2) is 9.67 Å². The minimum atomic E-state index is -0.365. The molecular formula is C15H14Cl2N6O. The average molecular weight is 365 g/mol. The molecule has 0 saturated carbocycles. The van der Waals surface area contributed by atoms with Gasteiger partial charge in [0.2, 0.25) is 5.95 Å². The molecular weight excluding hydrogens is 351 g/mol. The minimum absolute atomic E-state index is 0.189. The van der Waals surface area contributed by atoms with Crippen LogP contribution >= 0.6 is 23.2 Å². The summed E-state index contributed by atoms with van der Waals surface area (Å²) >= 11 is 12.3. The molecule has 0 aliphatic carbocycles. The number of aromatic nitrogens is 5. The number of nitrogens with zero attached hydrogens (tertiary/aromatic N) is 5. The van der Waals surface area contributed by atoms with Crippen molar-refractivity contribution in [2.24, 2.45) is 0 Å². The van der Waals surface area contributed by atoms with Crippen LogP contribution in [0, 0.1) is 0 Å². The van der Waals surface area contributed by atoms with E-state index >= 15 is 0 Å². The van der Waals surface area contributed by atoms with E-state index in [2.05, 4.69) is 20.5 Å². The molecule has 7 nitrogen and oxygen atoms in total. The Labute approximate surface area is 148 Å². The van der Waals surface area contributed by atoms with Gasteiger partial charge in [0.1, 0.15) is 6.33 Å². The van der Waals surface area contributed by atoms with Gasteiger partial charge in [-0.1, -0.05) is 29.3 Å². The Kier molecular flexibility index (Phi) is 4.82. The third-order valence-electron chi connectivity index (χ3n) is 3.34. The summed E-state index contributed by atoms with van der Waals surface area (Å²) in [5.74, 6) is -0.176. The first-order chi connectivity index (χ1) is 11.6. The summed E-state index contributed by atoms with van der Waals surface area (Å²) in [6.07, 6.45) is 3.24. The summed E-state index contributed by atoms with van der Waals surface area (Å²) in [6, 6.07) is 6.93. The molecule has 0 bridgehead atoms. The van der Waals surface area contributed by atoms with Crippen LogP contribution in [0.15, 0.2) is 36.8 Å². The topological polar surface area (TPSA) is 77.6 Å². The van der Waals surface area contributed by atoms with Crippen LogP contribution in [0.4, 0.5) is 5.95 Å². The van der Waals surface area contributed by atoms with Crippen molar-refractivity contribution in [2.75, 3.05) is 5.32 Å². The maximum absolute atomic E-state index is 12.1. The van der Waals surface area contributed by atoms with E-state index in [0.717, 1.165) is 5.56 Å². The minimum Gasteiger partial charge on any atom is -0.288 e. The van der Waals surface area contributed by atoms with Gasteiger partial charge in [0.25, 0.3) is 5.91 Å². The van der Waals surface area contributed by atoms with Crippen molar-refractivity contribution >= 4 is 35.1 Å². The summed E-state index contributed by atoms with van der Waals surface area (Å²) in [6.45, 7) is 2.99. The highest BCUT2D eigenvalue weighted by Gasteiger charge is 2.13. The molecule has 0 aliphatic rings. The van der Waals surface area contributed by atoms with E-state index in [1.165, 1.54) is 6.33 Å². The molecule has 3 rings (SSSR count). The Bertz CT molecular complexity index is 852. The van der Waals surface area contributed by atoms with Crippen LogP contribution in [0.5, 0.6) is 0 Å². The van der Waals surface area contributed by atoms with E-state index in [1.807, 2.05) is 6.92 Å². The number of aryl methyl sites for hydroxylation is 1. The highest BCUT2D eigenvalue weighted by molar-refractivity contribution is 6.35. The van der Waals surface area contributed by atoms with Crippen molar-refractivity contribution in [3.63, 3.8) is 0 Å². The van der Waals surface area contributed by atoms with Crippen LogP contribution < -0.4 is 5.32 Å². The molecule has 1 aromatic carbocycles. The normalized spacial score (nSPS) is 10.8. The molecule has 0 fully saturated rings. The summed E-state index contributed by atoms with van der Waals surface area (Å²) in [5, 5.41) is 12.0. The van der Waals surface area contributed by atoms with Crippen LogP contribution in [0.1, 0.15) is 23.0 Å². The van der Waals surface area contributed by atoms with E-state index in [0.29, 0.717) is 28.8 Å². The fourth-order valence-corrected chi connectivity index (χ4v) is 2.61. The van der Waals surface area contributed by atoms with Crippen LogP contribution in [-0.2, 0) is 13.1 Å². The standard InChI is InChI=1S/C15H14Cl2N6O/c1-2-22-7-6-13(20-22)14(24)19-15-18-9-23(21-15)8-10-11(16)4-3-5-12(10)17/h3-7,9H,2,8H2,1H3,(H,19,21,24). The van der Waals surface area contributed by atoms with Crippen molar-refractivity contribution < 1.29 is 4.79 Å². The zero-order valence-electron chi connectivity index (χ0n) is 12.8. The molecule has 1 amide bonds. The Balaban J connectivity index is 1.70.